The van der Waals surface area contributed by atoms with Crippen LogP contribution in [0.25, 0.3) is 0 Å². The number of nitrogens with zero attached hydrogens (tertiary/aromatic N) is 1. The van der Waals surface area contributed by atoms with Crippen molar-refractivity contribution in [1.82, 2.24) is 0 Å². The van der Waals surface area contributed by atoms with Crippen LogP contribution in [0.1, 0.15) is 31.9 Å². The Hall–Kier alpha value is -1.98. The number of esters is 1. The summed E-state index contributed by atoms with van der Waals surface area (Å²) in [7, 11) is 0. The van der Waals surface area contributed by atoms with Crippen LogP contribution in [0.4, 0.5) is 10.1 Å². The molecule has 0 saturated carbocycles. The Morgan fingerprint density at radius 1 is 1.42 bits per heavy atom. The van der Waals surface area contributed by atoms with Gasteiger partial charge in [0.1, 0.15) is 5.60 Å². The lowest BCUT2D eigenvalue weighted by molar-refractivity contribution is -0.387. The highest BCUT2D eigenvalue weighted by atomic mass is 19.1. The molecule has 0 heterocycles. The molecule has 0 N–H and O–H groups in total. The van der Waals surface area contributed by atoms with E-state index in [1.165, 1.54) is 0 Å². The van der Waals surface area contributed by atoms with Crippen molar-refractivity contribution in [3.8, 4) is 0 Å². The number of ether oxygens (including phenoxy) is 1. The zero-order chi connectivity index (χ0) is 14.8. The first-order valence-electron chi connectivity index (χ1n) is 5.75. The van der Waals surface area contributed by atoms with Crippen molar-refractivity contribution >= 4 is 11.7 Å². The van der Waals surface area contributed by atoms with Crippen molar-refractivity contribution in [2.45, 2.75) is 39.7 Å². The highest BCUT2D eigenvalue weighted by molar-refractivity contribution is 5.73. The van der Waals surface area contributed by atoms with E-state index in [1.807, 2.05) is 0 Å². The Morgan fingerprint density at radius 2 is 2.00 bits per heavy atom. The molecule has 6 heteroatoms. The van der Waals surface area contributed by atoms with E-state index in [0.29, 0.717) is 11.1 Å². The third-order valence-electron chi connectivity index (χ3n) is 2.36. The summed E-state index contributed by atoms with van der Waals surface area (Å²) in [5.74, 6) is -1.45. The predicted molar refractivity (Wildman–Crippen MR) is 67.3 cm³/mol. The molecule has 0 aliphatic carbocycles. The highest BCUT2D eigenvalue weighted by Crippen LogP contribution is 2.22. The monoisotopic (exact) mass is 269 g/mol. The molecule has 0 spiro atoms. The van der Waals surface area contributed by atoms with Crippen LogP contribution >= 0.6 is 0 Å². The van der Waals surface area contributed by atoms with E-state index in [0.717, 1.165) is 12.1 Å². The Bertz CT molecular complexity index is 520. The van der Waals surface area contributed by atoms with E-state index >= 15 is 0 Å². The summed E-state index contributed by atoms with van der Waals surface area (Å²) >= 11 is 0. The lowest BCUT2D eigenvalue weighted by Crippen LogP contribution is -2.25. The van der Waals surface area contributed by atoms with Gasteiger partial charge < -0.3 is 4.74 Å². The average molecular weight is 269 g/mol. The van der Waals surface area contributed by atoms with Gasteiger partial charge in [0.05, 0.1) is 11.3 Å². The van der Waals surface area contributed by atoms with Gasteiger partial charge in [-0.1, -0.05) is 0 Å². The zero-order valence-corrected chi connectivity index (χ0v) is 11.3. The lowest BCUT2D eigenvalue weighted by atomic mass is 10.0. The van der Waals surface area contributed by atoms with E-state index in [1.54, 1.807) is 27.7 Å². The molecule has 0 amide bonds. The number of halogens is 1. The standard InChI is InChI=1S/C13H16FNO4/c1-8-5-11(15(17)18)10(14)6-9(8)7-12(16)19-13(2,3)4/h5-6H,7H2,1-4H3. The maximum Gasteiger partial charge on any atom is 0.310 e. The summed E-state index contributed by atoms with van der Waals surface area (Å²) in [5, 5.41) is 10.6. The molecule has 104 valence electrons. The summed E-state index contributed by atoms with van der Waals surface area (Å²) in [6, 6.07) is 2.13. The molecule has 5 nitrogen and oxygen atoms in total. The fraction of sp³-hybridized carbons (Fsp3) is 0.462. The van der Waals surface area contributed by atoms with Gasteiger partial charge in [-0.2, -0.15) is 4.39 Å². The number of carbonyl (C=O) groups is 1. The molecule has 0 aromatic heterocycles. The molecule has 1 aromatic carbocycles. The molecule has 0 aliphatic rings. The Kier molecular flexibility index (Phi) is 4.24. The first-order chi connectivity index (χ1) is 8.60. The highest BCUT2D eigenvalue weighted by Gasteiger charge is 2.20. The van der Waals surface area contributed by atoms with Gasteiger partial charge in [0.2, 0.25) is 5.82 Å². The molecule has 0 fully saturated rings. The molecule has 0 aliphatic heterocycles. The van der Waals surface area contributed by atoms with E-state index in [9.17, 15) is 19.3 Å². The maximum absolute atomic E-state index is 13.5. The predicted octanol–water partition coefficient (Wildman–Crippen LogP) is 2.93. The number of benzene rings is 1. The minimum Gasteiger partial charge on any atom is -0.460 e. The quantitative estimate of drug-likeness (QED) is 0.480. The Labute approximate surface area is 110 Å². The Morgan fingerprint density at radius 3 is 2.47 bits per heavy atom. The van der Waals surface area contributed by atoms with Crippen molar-refractivity contribution in [3.63, 3.8) is 0 Å². The largest absolute Gasteiger partial charge is 0.460 e. The van der Waals surface area contributed by atoms with E-state index in [2.05, 4.69) is 0 Å². The van der Waals surface area contributed by atoms with Crippen molar-refractivity contribution in [2.24, 2.45) is 0 Å². The van der Waals surface area contributed by atoms with Gasteiger partial charge in [-0.25, -0.2) is 0 Å². The molecular formula is C13H16FNO4. The summed E-state index contributed by atoms with van der Waals surface area (Å²) < 4.78 is 18.6. The van der Waals surface area contributed by atoms with Gasteiger partial charge in [0, 0.05) is 6.07 Å². The molecule has 0 unspecified atom stereocenters. The fourth-order valence-electron chi connectivity index (χ4n) is 1.57. The maximum atomic E-state index is 13.5. The van der Waals surface area contributed by atoms with Crippen molar-refractivity contribution < 1.29 is 18.8 Å². The van der Waals surface area contributed by atoms with Crippen LogP contribution in [0.2, 0.25) is 0 Å². The second-order valence-electron chi connectivity index (χ2n) is 5.25. The van der Waals surface area contributed by atoms with Crippen LogP contribution in [-0.4, -0.2) is 16.5 Å². The van der Waals surface area contributed by atoms with Crippen LogP contribution in [0, 0.1) is 22.9 Å². The minimum atomic E-state index is -0.950. The summed E-state index contributed by atoms with van der Waals surface area (Å²) in [5.41, 5.74) is -0.341. The molecule has 0 radical (unpaired) electrons. The topological polar surface area (TPSA) is 69.4 Å². The van der Waals surface area contributed by atoms with Gasteiger partial charge in [-0.05, 0) is 44.9 Å². The molecule has 1 rings (SSSR count). The van der Waals surface area contributed by atoms with Gasteiger partial charge >= 0.3 is 11.7 Å². The Balaban J connectivity index is 2.95. The van der Waals surface area contributed by atoms with Crippen LogP contribution in [0.15, 0.2) is 12.1 Å². The van der Waals surface area contributed by atoms with E-state index in [4.69, 9.17) is 4.74 Å². The smallest absolute Gasteiger partial charge is 0.310 e. The number of hydrogen-bond donors (Lipinski definition) is 0. The summed E-state index contributed by atoms with van der Waals surface area (Å²) in [6.07, 6.45) is -0.113. The zero-order valence-electron chi connectivity index (χ0n) is 11.3. The molecule has 0 bridgehead atoms. The van der Waals surface area contributed by atoms with Crippen LogP contribution in [-0.2, 0) is 16.0 Å². The van der Waals surface area contributed by atoms with Gasteiger partial charge in [-0.15, -0.1) is 0 Å². The number of nitro benzene ring substituents is 1. The van der Waals surface area contributed by atoms with Crippen LogP contribution in [0.5, 0.6) is 0 Å². The number of nitro groups is 1. The van der Waals surface area contributed by atoms with E-state index in [-0.39, 0.29) is 6.42 Å². The molecule has 0 atom stereocenters. The fourth-order valence-corrected chi connectivity index (χ4v) is 1.57. The van der Waals surface area contributed by atoms with Crippen molar-refractivity contribution in [1.29, 1.82) is 0 Å². The summed E-state index contributed by atoms with van der Waals surface area (Å²) in [4.78, 5) is 21.4. The molecule has 1 aromatic rings. The summed E-state index contributed by atoms with van der Waals surface area (Å²) in [6.45, 7) is 6.78. The van der Waals surface area contributed by atoms with Crippen molar-refractivity contribution in [3.05, 3.63) is 39.2 Å². The lowest BCUT2D eigenvalue weighted by Gasteiger charge is -2.19. The van der Waals surface area contributed by atoms with Gasteiger partial charge in [0.15, 0.2) is 0 Å². The van der Waals surface area contributed by atoms with Gasteiger partial charge in [-0.3, -0.25) is 14.9 Å². The second-order valence-corrected chi connectivity index (χ2v) is 5.25. The third-order valence-corrected chi connectivity index (χ3v) is 2.36. The van der Waals surface area contributed by atoms with Crippen LogP contribution in [0.3, 0.4) is 0 Å². The average Bonchev–Trinajstić information content (AvgIpc) is 2.19. The first kappa shape index (κ1) is 15.1. The van der Waals surface area contributed by atoms with Crippen molar-refractivity contribution in [2.75, 3.05) is 0 Å². The SMILES string of the molecule is Cc1cc([N+](=O)[O-])c(F)cc1CC(=O)OC(C)(C)C. The number of aryl methyl sites for hydroxylation is 1. The number of rotatable bonds is 3. The number of carbonyl (C=O) groups excluding carboxylic acids is 1. The number of hydrogen-bond acceptors (Lipinski definition) is 4. The molecule has 19 heavy (non-hydrogen) atoms. The van der Waals surface area contributed by atoms with E-state index < -0.39 is 28.0 Å². The third kappa shape index (κ3) is 4.31. The second kappa shape index (κ2) is 5.34. The minimum absolute atomic E-state index is 0.113. The molecular weight excluding hydrogens is 253 g/mol. The molecule has 0 saturated heterocycles. The first-order valence-corrected chi connectivity index (χ1v) is 5.75. The normalized spacial score (nSPS) is 11.2. The van der Waals surface area contributed by atoms with Gasteiger partial charge in [0.25, 0.3) is 0 Å². The van der Waals surface area contributed by atoms with Crippen LogP contribution < -0.4 is 0 Å².